The Kier molecular flexibility index (Phi) is 14.6. The fourth-order valence-electron chi connectivity index (χ4n) is 5.83. The number of pyridine rings is 1. The molecule has 0 spiro atoms. The molecule has 1 aliphatic carbocycles. The van der Waals surface area contributed by atoms with Crippen LogP contribution in [0.2, 0.25) is 0 Å². The lowest BCUT2D eigenvalue weighted by atomic mass is 9.87. The van der Waals surface area contributed by atoms with E-state index in [1.807, 2.05) is 0 Å². The molecule has 1 aromatic heterocycles. The molecular weight excluding hydrogens is 460 g/mol. The molecule has 3 rings (SSSR count). The average molecular weight is 518 g/mol. The lowest BCUT2D eigenvalue weighted by Gasteiger charge is -2.25. The number of anilines is 1. The predicted molar refractivity (Wildman–Crippen MR) is 168 cm³/mol. The van der Waals surface area contributed by atoms with Crippen LogP contribution in [0.15, 0.2) is 42.7 Å². The van der Waals surface area contributed by atoms with Gasteiger partial charge < -0.3 is 4.90 Å². The zero-order valence-corrected chi connectivity index (χ0v) is 25.2. The number of aromatic nitrogens is 1. The molecule has 2 heteroatoms. The molecular formula is C36H57N2+. The number of benzene rings is 1. The van der Waals surface area contributed by atoms with E-state index < -0.39 is 0 Å². The van der Waals surface area contributed by atoms with E-state index in [1.165, 1.54) is 145 Å². The van der Waals surface area contributed by atoms with Crippen LogP contribution in [0.4, 0.5) is 5.69 Å². The summed E-state index contributed by atoms with van der Waals surface area (Å²) in [6, 6.07) is 11.7. The summed E-state index contributed by atoms with van der Waals surface area (Å²) < 4.78 is 2.45. The van der Waals surface area contributed by atoms with Crippen molar-refractivity contribution in [3.05, 3.63) is 59.4 Å². The Balaban J connectivity index is 1.51. The molecule has 1 heterocycles. The number of hydrogen-bond donors (Lipinski definition) is 0. The normalized spacial score (nSPS) is 14.1. The third-order valence-corrected chi connectivity index (χ3v) is 8.27. The molecule has 0 aliphatic heterocycles. The standard InChI is InChI=1S/C36H57N2/c1-4-7-10-11-12-13-14-15-16-17-26-37-29-25-36-33(19-18-20-34(36)31-37)30-32-21-23-35(24-22-32)38(27-8-5-2)28-9-6-3/h21-25,29-31H,4-20,26-28H2,1-3H3/q+1. The molecule has 0 atom stereocenters. The lowest BCUT2D eigenvalue weighted by Crippen LogP contribution is -2.34. The maximum atomic E-state index is 2.58. The summed E-state index contributed by atoms with van der Waals surface area (Å²) in [7, 11) is 0. The quantitative estimate of drug-likeness (QED) is 0.133. The van der Waals surface area contributed by atoms with Gasteiger partial charge in [0.1, 0.15) is 6.54 Å². The Morgan fingerprint density at radius 2 is 1.29 bits per heavy atom. The van der Waals surface area contributed by atoms with Crippen molar-refractivity contribution < 1.29 is 4.57 Å². The second-order valence-electron chi connectivity index (χ2n) is 11.6. The fraction of sp³-hybridized carbons (Fsp3) is 0.639. The Morgan fingerprint density at radius 3 is 1.92 bits per heavy atom. The summed E-state index contributed by atoms with van der Waals surface area (Å²) in [6.07, 6.45) is 30.0. The molecule has 0 bridgehead atoms. The first-order valence-corrected chi connectivity index (χ1v) is 16.3. The monoisotopic (exact) mass is 517 g/mol. The van der Waals surface area contributed by atoms with E-state index in [0.29, 0.717) is 0 Å². The van der Waals surface area contributed by atoms with Crippen molar-refractivity contribution >= 4 is 17.3 Å². The summed E-state index contributed by atoms with van der Waals surface area (Å²) in [5, 5.41) is 0. The second-order valence-corrected chi connectivity index (χ2v) is 11.6. The van der Waals surface area contributed by atoms with Crippen molar-refractivity contribution in [1.82, 2.24) is 0 Å². The number of hydrogen-bond acceptors (Lipinski definition) is 1. The first-order valence-electron chi connectivity index (χ1n) is 16.3. The molecule has 2 aromatic rings. The molecule has 0 saturated carbocycles. The van der Waals surface area contributed by atoms with Crippen molar-refractivity contribution in [3.8, 4) is 0 Å². The number of fused-ring (bicyclic) bond motifs is 1. The van der Waals surface area contributed by atoms with Gasteiger partial charge in [-0.2, -0.15) is 0 Å². The van der Waals surface area contributed by atoms with Crippen molar-refractivity contribution in [2.24, 2.45) is 0 Å². The number of nitrogens with zero attached hydrogens (tertiary/aromatic N) is 2. The van der Waals surface area contributed by atoms with Crippen LogP contribution in [0.5, 0.6) is 0 Å². The van der Waals surface area contributed by atoms with Gasteiger partial charge in [0.2, 0.25) is 0 Å². The van der Waals surface area contributed by atoms with Crippen LogP contribution in [-0.4, -0.2) is 13.1 Å². The third kappa shape index (κ3) is 10.6. The minimum Gasteiger partial charge on any atom is -0.372 e. The number of aryl methyl sites for hydroxylation is 2. The van der Waals surface area contributed by atoms with Gasteiger partial charge in [-0.25, -0.2) is 4.57 Å². The van der Waals surface area contributed by atoms with Crippen LogP contribution < -0.4 is 9.47 Å². The van der Waals surface area contributed by atoms with Gasteiger partial charge in [0.05, 0.1) is 0 Å². The minimum atomic E-state index is 1.16. The highest BCUT2D eigenvalue weighted by molar-refractivity contribution is 5.83. The highest BCUT2D eigenvalue weighted by atomic mass is 15.1. The van der Waals surface area contributed by atoms with E-state index in [1.54, 1.807) is 5.56 Å². The van der Waals surface area contributed by atoms with Crippen molar-refractivity contribution in [2.45, 2.75) is 136 Å². The maximum absolute atomic E-state index is 2.58. The van der Waals surface area contributed by atoms with Crippen LogP contribution in [0.25, 0.3) is 11.6 Å². The molecule has 1 aromatic carbocycles. The first-order chi connectivity index (χ1) is 18.7. The smallest absolute Gasteiger partial charge is 0.172 e. The van der Waals surface area contributed by atoms with E-state index >= 15 is 0 Å². The topological polar surface area (TPSA) is 7.12 Å². The van der Waals surface area contributed by atoms with Crippen molar-refractivity contribution in [3.63, 3.8) is 0 Å². The van der Waals surface area contributed by atoms with Gasteiger partial charge in [-0.1, -0.05) is 103 Å². The molecule has 0 amide bonds. The predicted octanol–water partition coefficient (Wildman–Crippen LogP) is 10.2. The van der Waals surface area contributed by atoms with Crippen LogP contribution in [0.1, 0.15) is 140 Å². The number of allylic oxidation sites excluding steroid dienone is 1. The number of unbranched alkanes of at least 4 members (excludes halogenated alkanes) is 11. The van der Waals surface area contributed by atoms with Crippen molar-refractivity contribution in [2.75, 3.05) is 18.0 Å². The molecule has 0 fully saturated rings. The first kappa shape index (κ1) is 30.5. The van der Waals surface area contributed by atoms with E-state index in [-0.39, 0.29) is 0 Å². The Bertz CT molecular complexity index is 919. The summed E-state index contributed by atoms with van der Waals surface area (Å²) >= 11 is 0. The zero-order chi connectivity index (χ0) is 26.8. The van der Waals surface area contributed by atoms with Gasteiger partial charge in [-0.15, -0.1) is 0 Å². The Hall–Kier alpha value is -2.09. The van der Waals surface area contributed by atoms with E-state index in [4.69, 9.17) is 0 Å². The molecule has 210 valence electrons. The average Bonchev–Trinajstić information content (AvgIpc) is 2.95. The Morgan fingerprint density at radius 1 is 0.684 bits per heavy atom. The summed E-state index contributed by atoms with van der Waals surface area (Å²) in [6.45, 7) is 10.4. The van der Waals surface area contributed by atoms with Crippen LogP contribution in [-0.2, 0) is 13.0 Å². The molecule has 0 radical (unpaired) electrons. The van der Waals surface area contributed by atoms with Gasteiger partial charge in [-0.05, 0) is 67.4 Å². The highest BCUT2D eigenvalue weighted by Gasteiger charge is 2.18. The van der Waals surface area contributed by atoms with Crippen LogP contribution in [0, 0.1) is 0 Å². The SMILES string of the molecule is CCCCCCCCCCCC[n+]1ccc2c(c1)CCC/C2=C\c1ccc(N(CCCC)CCCC)cc1. The molecule has 0 unspecified atom stereocenters. The van der Waals surface area contributed by atoms with E-state index in [0.717, 1.165) is 6.54 Å². The largest absolute Gasteiger partial charge is 0.372 e. The number of rotatable bonds is 19. The van der Waals surface area contributed by atoms with Gasteiger partial charge in [0.15, 0.2) is 12.4 Å². The van der Waals surface area contributed by atoms with Gasteiger partial charge in [-0.3, -0.25) is 0 Å². The zero-order valence-electron chi connectivity index (χ0n) is 25.2. The van der Waals surface area contributed by atoms with Gasteiger partial charge in [0, 0.05) is 36.8 Å². The van der Waals surface area contributed by atoms with Crippen LogP contribution >= 0.6 is 0 Å². The summed E-state index contributed by atoms with van der Waals surface area (Å²) in [4.78, 5) is 2.58. The van der Waals surface area contributed by atoms with Gasteiger partial charge >= 0.3 is 0 Å². The third-order valence-electron chi connectivity index (χ3n) is 8.27. The fourth-order valence-corrected chi connectivity index (χ4v) is 5.83. The van der Waals surface area contributed by atoms with Crippen LogP contribution in [0.3, 0.4) is 0 Å². The minimum absolute atomic E-state index is 1.16. The van der Waals surface area contributed by atoms with E-state index in [2.05, 4.69) is 79.0 Å². The Labute approximate surface area is 235 Å². The molecule has 0 saturated heterocycles. The molecule has 1 aliphatic rings. The second kappa shape index (κ2) is 18.2. The van der Waals surface area contributed by atoms with Gasteiger partial charge in [0.25, 0.3) is 0 Å². The lowest BCUT2D eigenvalue weighted by molar-refractivity contribution is -0.697. The molecule has 38 heavy (non-hydrogen) atoms. The van der Waals surface area contributed by atoms with Crippen molar-refractivity contribution in [1.29, 1.82) is 0 Å². The van der Waals surface area contributed by atoms with E-state index in [9.17, 15) is 0 Å². The maximum Gasteiger partial charge on any atom is 0.172 e. The molecule has 0 N–H and O–H groups in total. The summed E-state index contributed by atoms with van der Waals surface area (Å²) in [5.74, 6) is 0. The summed E-state index contributed by atoms with van der Waals surface area (Å²) in [5.41, 5.74) is 7.25. The molecule has 2 nitrogen and oxygen atoms in total. The highest BCUT2D eigenvalue weighted by Crippen LogP contribution is 2.32.